The van der Waals surface area contributed by atoms with Crippen LogP contribution in [-0.4, -0.2) is 43.2 Å². The van der Waals surface area contributed by atoms with Crippen LogP contribution in [-0.2, 0) is 18.7 Å². The van der Waals surface area contributed by atoms with Crippen molar-refractivity contribution >= 4 is 21.6 Å². The van der Waals surface area contributed by atoms with Crippen LogP contribution in [0.5, 0.6) is 0 Å². The molecule has 0 aromatic heterocycles. The van der Waals surface area contributed by atoms with Crippen molar-refractivity contribution in [2.75, 3.05) is 19.4 Å². The highest BCUT2D eigenvalue weighted by Crippen LogP contribution is 2.50. The Bertz CT molecular complexity index is 349. The Morgan fingerprint density at radius 2 is 1.32 bits per heavy atom. The molecule has 4 nitrogen and oxygen atoms in total. The summed E-state index contributed by atoms with van der Waals surface area (Å²) in [6, 6.07) is 0. The molecule has 12 heteroatoms. The second kappa shape index (κ2) is 6.61. The van der Waals surface area contributed by atoms with Crippen molar-refractivity contribution in [2.24, 2.45) is 0 Å². The largest absolute Gasteiger partial charge is 0.462 e. The summed E-state index contributed by atoms with van der Waals surface area (Å²) in [7, 11) is -6.32. The lowest BCUT2D eigenvalue weighted by atomic mass is 10.8. The van der Waals surface area contributed by atoms with Crippen molar-refractivity contribution in [3.8, 4) is 0 Å². The maximum absolute atomic E-state index is 12.0. The first-order valence-electron chi connectivity index (χ1n) is 4.46. The van der Waals surface area contributed by atoms with E-state index in [-0.39, 0.29) is 0 Å². The molecular formula is C7H8F6O4P2+2. The van der Waals surface area contributed by atoms with Crippen LogP contribution in [0.4, 0.5) is 26.3 Å². The Hall–Kier alpha value is -0.750. The van der Waals surface area contributed by atoms with Gasteiger partial charge < -0.3 is 4.74 Å². The van der Waals surface area contributed by atoms with Crippen LogP contribution >= 0.6 is 15.6 Å². The van der Waals surface area contributed by atoms with E-state index in [0.29, 0.717) is 7.11 Å². The van der Waals surface area contributed by atoms with Crippen LogP contribution in [0.2, 0.25) is 0 Å². The maximum Gasteiger partial charge on any atom is 0.433 e. The van der Waals surface area contributed by atoms with Gasteiger partial charge in [-0.2, -0.15) is 26.3 Å². The summed E-state index contributed by atoms with van der Waals surface area (Å²) in [6.07, 6.45) is -13.9. The molecule has 0 spiro atoms. The molecule has 0 aliphatic carbocycles. The number of carbonyl (C=O) groups is 1. The van der Waals surface area contributed by atoms with Gasteiger partial charge in [-0.3, -0.25) is 0 Å². The van der Waals surface area contributed by atoms with Crippen LogP contribution in [0.3, 0.4) is 0 Å². The highest BCUT2D eigenvalue weighted by atomic mass is 31.2. The molecule has 19 heavy (non-hydrogen) atoms. The second-order valence-corrected chi connectivity index (χ2v) is 7.02. The fraction of sp³-hybridized carbons (Fsp3) is 0.857. The minimum absolute atomic E-state index is 0.683. The van der Waals surface area contributed by atoms with E-state index in [1.54, 1.807) is 0 Å². The number of carbonyl (C=O) groups excluding carboxylic acids is 1. The van der Waals surface area contributed by atoms with Crippen molar-refractivity contribution in [3.63, 3.8) is 0 Å². The van der Waals surface area contributed by atoms with E-state index in [1.165, 1.54) is 0 Å². The summed E-state index contributed by atoms with van der Waals surface area (Å²) in [6.45, 7) is 0. The van der Waals surface area contributed by atoms with Crippen molar-refractivity contribution in [2.45, 2.75) is 17.8 Å². The highest BCUT2D eigenvalue weighted by Gasteiger charge is 2.61. The van der Waals surface area contributed by atoms with Crippen LogP contribution in [0, 0.1) is 0 Å². The van der Waals surface area contributed by atoms with Gasteiger partial charge in [-0.05, 0) is 0 Å². The number of rotatable bonds is 5. The molecule has 2 unspecified atom stereocenters. The molecule has 0 saturated carbocycles. The van der Waals surface area contributed by atoms with E-state index < -0.39 is 51.6 Å². The number of alkyl halides is 6. The van der Waals surface area contributed by atoms with Crippen LogP contribution in [0.25, 0.3) is 0 Å². The second-order valence-electron chi connectivity index (χ2n) is 3.28. The summed E-state index contributed by atoms with van der Waals surface area (Å²) in [5.74, 6) is -1.62. The first kappa shape index (κ1) is 18.2. The number of esters is 1. The third-order valence-corrected chi connectivity index (χ3v) is 6.03. The number of halogens is 6. The van der Waals surface area contributed by atoms with Crippen molar-refractivity contribution in [1.29, 1.82) is 0 Å². The van der Waals surface area contributed by atoms with Gasteiger partial charge in [-0.1, -0.05) is 9.13 Å². The zero-order chi connectivity index (χ0) is 15.4. The lowest BCUT2D eigenvalue weighted by Crippen LogP contribution is -2.23. The third kappa shape index (κ3) is 7.42. The smallest absolute Gasteiger partial charge is 0.433 e. The number of ether oxygens (including phenoxy) is 1. The molecule has 0 radical (unpaired) electrons. The average Bonchev–Trinajstić information content (AvgIpc) is 2.11. The molecule has 0 fully saturated rings. The average molecular weight is 332 g/mol. The van der Waals surface area contributed by atoms with Gasteiger partial charge in [0.25, 0.3) is 0 Å². The van der Waals surface area contributed by atoms with Gasteiger partial charge >= 0.3 is 39.3 Å². The zero-order valence-electron chi connectivity index (χ0n) is 9.29. The molecule has 0 aliphatic heterocycles. The molecule has 2 atom stereocenters. The van der Waals surface area contributed by atoms with Crippen molar-refractivity contribution in [1.82, 2.24) is 0 Å². The highest BCUT2D eigenvalue weighted by molar-refractivity contribution is 7.65. The van der Waals surface area contributed by atoms with Crippen LogP contribution in [0.15, 0.2) is 0 Å². The molecule has 0 aromatic rings. The van der Waals surface area contributed by atoms with Gasteiger partial charge in [0.15, 0.2) is 0 Å². The summed E-state index contributed by atoms with van der Waals surface area (Å²) in [5.41, 5.74) is 0. The first-order valence-corrected chi connectivity index (χ1v) is 7.49. The molecule has 110 valence electrons. The van der Waals surface area contributed by atoms with E-state index in [2.05, 4.69) is 4.74 Å². The van der Waals surface area contributed by atoms with Gasteiger partial charge in [0.1, 0.15) is 0 Å². The number of hydrogen-bond acceptors (Lipinski definition) is 4. The SMILES string of the molecule is COC(=O)C([P+](=O)CC(F)(F)F)[P+](=O)CC(F)(F)F. The quantitative estimate of drug-likeness (QED) is 0.440. The van der Waals surface area contributed by atoms with E-state index in [1.807, 2.05) is 0 Å². The van der Waals surface area contributed by atoms with Gasteiger partial charge in [0.05, 0.1) is 7.11 Å². The molecule has 0 aromatic carbocycles. The van der Waals surface area contributed by atoms with E-state index in [0.717, 1.165) is 0 Å². The Balaban J connectivity index is 5.08. The first-order chi connectivity index (χ1) is 8.37. The van der Waals surface area contributed by atoms with Crippen molar-refractivity contribution in [3.05, 3.63) is 0 Å². The summed E-state index contributed by atoms with van der Waals surface area (Å²) in [5, 5.41) is -2.42. The van der Waals surface area contributed by atoms with Gasteiger partial charge in [-0.25, -0.2) is 4.79 Å². The molecule has 0 rings (SSSR count). The Morgan fingerprint density at radius 1 is 1.00 bits per heavy atom. The van der Waals surface area contributed by atoms with Crippen LogP contribution < -0.4 is 0 Å². The minimum atomic E-state index is -4.95. The Labute approximate surface area is 105 Å². The molecule has 0 amide bonds. The maximum atomic E-state index is 12.0. The standard InChI is InChI=1S/C7H8F6O4P2/c1-17-4(14)5(18(15)2-6(8,9)10)19(16)3-7(11,12)13/h5H,2-3H2,1H3/q+2. The van der Waals surface area contributed by atoms with Gasteiger partial charge in [-0.15, -0.1) is 0 Å². The lowest BCUT2D eigenvalue weighted by molar-refractivity contribution is -0.138. The molecule has 0 aliphatic rings. The third-order valence-electron chi connectivity index (χ3n) is 1.63. The predicted octanol–water partition coefficient (Wildman–Crippen LogP) is 3.26. The molecule has 0 N–H and O–H groups in total. The molecular weight excluding hydrogens is 324 g/mol. The summed E-state index contributed by atoms with van der Waals surface area (Å²) in [4.78, 5) is 11.0. The van der Waals surface area contributed by atoms with E-state index >= 15 is 0 Å². The van der Waals surface area contributed by atoms with E-state index in [9.17, 15) is 40.3 Å². The lowest BCUT2D eigenvalue weighted by Gasteiger charge is -2.02. The zero-order valence-corrected chi connectivity index (χ0v) is 11.1. The predicted molar refractivity (Wildman–Crippen MR) is 52.9 cm³/mol. The number of hydrogen-bond donors (Lipinski definition) is 0. The fourth-order valence-electron chi connectivity index (χ4n) is 1.01. The Morgan fingerprint density at radius 3 is 1.53 bits per heavy atom. The van der Waals surface area contributed by atoms with Crippen molar-refractivity contribution < 1.29 is 45.0 Å². The van der Waals surface area contributed by atoms with E-state index in [4.69, 9.17) is 0 Å². The normalized spacial score (nSPS) is 15.7. The topological polar surface area (TPSA) is 60.4 Å². The van der Waals surface area contributed by atoms with Gasteiger partial charge in [0.2, 0.25) is 12.3 Å². The summed E-state index contributed by atoms with van der Waals surface area (Å²) < 4.78 is 98.4. The minimum Gasteiger partial charge on any atom is -0.462 e. The number of methoxy groups -OCH3 is 1. The monoisotopic (exact) mass is 332 g/mol. The van der Waals surface area contributed by atoms with Gasteiger partial charge in [0, 0.05) is 0 Å². The fourth-order valence-corrected chi connectivity index (χ4v) is 4.38. The molecule has 0 heterocycles. The Kier molecular flexibility index (Phi) is 6.35. The molecule has 0 bridgehead atoms. The molecule has 0 saturated heterocycles. The van der Waals surface area contributed by atoms with Crippen LogP contribution in [0.1, 0.15) is 0 Å². The summed E-state index contributed by atoms with van der Waals surface area (Å²) >= 11 is 0.